The van der Waals surface area contributed by atoms with Gasteiger partial charge in [-0.1, -0.05) is 32.4 Å². The van der Waals surface area contributed by atoms with Crippen molar-refractivity contribution in [1.82, 2.24) is 0 Å². The van der Waals surface area contributed by atoms with Crippen molar-refractivity contribution in [2.24, 2.45) is 28.6 Å². The highest BCUT2D eigenvalue weighted by atomic mass is 16.7. The summed E-state index contributed by atoms with van der Waals surface area (Å²) in [6.07, 6.45) is 14.2. The lowest BCUT2D eigenvalue weighted by Crippen LogP contribution is -2.53. The normalized spacial score (nSPS) is 48.0. The highest BCUT2D eigenvalue weighted by molar-refractivity contribution is 5.26. The number of rotatable bonds is 3. The van der Waals surface area contributed by atoms with E-state index >= 15 is 0 Å². The van der Waals surface area contributed by atoms with Gasteiger partial charge in [-0.15, -0.1) is 0 Å². The van der Waals surface area contributed by atoms with E-state index in [0.29, 0.717) is 16.9 Å². The van der Waals surface area contributed by atoms with Gasteiger partial charge in [0.2, 0.25) is 0 Å². The van der Waals surface area contributed by atoms with Gasteiger partial charge in [0.05, 0.1) is 19.3 Å². The molecule has 0 aromatic heterocycles. The van der Waals surface area contributed by atoms with Gasteiger partial charge in [0, 0.05) is 19.4 Å². The first-order valence-corrected chi connectivity index (χ1v) is 11.6. The van der Waals surface area contributed by atoms with Crippen molar-refractivity contribution in [2.45, 2.75) is 90.4 Å². The molecule has 1 saturated heterocycles. The molecule has 4 aliphatic carbocycles. The summed E-state index contributed by atoms with van der Waals surface area (Å²) in [6.45, 7) is 9.84. The molecule has 0 radical (unpaired) electrons. The predicted molar refractivity (Wildman–Crippen MR) is 106 cm³/mol. The average molecular weight is 375 g/mol. The van der Waals surface area contributed by atoms with Crippen LogP contribution in [-0.2, 0) is 14.2 Å². The zero-order valence-electron chi connectivity index (χ0n) is 17.6. The minimum absolute atomic E-state index is 0.284. The SMILES string of the molecule is CCCOC1CCC2C3CC=C4CC5(CCC4(C)C3CCC12C)OCCO5. The predicted octanol–water partition coefficient (Wildman–Crippen LogP) is 5.49. The van der Waals surface area contributed by atoms with E-state index in [-0.39, 0.29) is 5.79 Å². The fraction of sp³-hybridized carbons (Fsp3) is 0.917. The molecule has 4 fully saturated rings. The summed E-state index contributed by atoms with van der Waals surface area (Å²) in [6, 6.07) is 0. The van der Waals surface area contributed by atoms with E-state index < -0.39 is 0 Å². The molecule has 3 saturated carbocycles. The molecule has 0 bridgehead atoms. The number of ether oxygens (including phenoxy) is 3. The summed E-state index contributed by atoms with van der Waals surface area (Å²) >= 11 is 0. The Morgan fingerprint density at radius 3 is 2.63 bits per heavy atom. The molecule has 27 heavy (non-hydrogen) atoms. The van der Waals surface area contributed by atoms with Gasteiger partial charge in [-0.3, -0.25) is 0 Å². The first-order valence-electron chi connectivity index (χ1n) is 11.6. The minimum Gasteiger partial charge on any atom is -0.378 e. The molecule has 152 valence electrons. The third-order valence-electron chi connectivity index (χ3n) is 9.36. The quantitative estimate of drug-likeness (QED) is 0.612. The van der Waals surface area contributed by atoms with E-state index in [1.165, 1.54) is 38.5 Å². The monoisotopic (exact) mass is 374 g/mol. The molecule has 6 atom stereocenters. The Kier molecular flexibility index (Phi) is 4.53. The van der Waals surface area contributed by atoms with Crippen LogP contribution in [0.25, 0.3) is 0 Å². The summed E-state index contributed by atoms with van der Waals surface area (Å²) in [5.41, 5.74) is 2.43. The molecule has 0 aromatic rings. The second kappa shape index (κ2) is 6.57. The second-order valence-corrected chi connectivity index (χ2v) is 10.5. The Morgan fingerprint density at radius 2 is 1.85 bits per heavy atom. The molecule has 1 spiro atoms. The van der Waals surface area contributed by atoms with Crippen molar-refractivity contribution in [3.8, 4) is 0 Å². The molecule has 0 amide bonds. The Bertz CT molecular complexity index is 607. The van der Waals surface area contributed by atoms with E-state index in [1.807, 2.05) is 0 Å². The largest absolute Gasteiger partial charge is 0.378 e. The number of hydrogen-bond donors (Lipinski definition) is 0. The molecule has 1 heterocycles. The molecular formula is C24H38O3. The summed E-state index contributed by atoms with van der Waals surface area (Å²) in [5, 5.41) is 0. The standard InChI is InChI=1S/C24H38O3/c1-4-13-25-21-8-7-19-18-6-5-17-16-24(26-14-15-27-24)12-11-22(17,2)20(18)9-10-23(19,21)3/h5,18-21H,4,6-16H2,1-3H3. The maximum Gasteiger partial charge on any atom is 0.172 e. The highest BCUT2D eigenvalue weighted by Gasteiger charge is 2.60. The molecule has 5 rings (SSSR count). The zero-order valence-corrected chi connectivity index (χ0v) is 17.6. The summed E-state index contributed by atoms with van der Waals surface area (Å²) in [7, 11) is 0. The van der Waals surface area contributed by atoms with Crippen molar-refractivity contribution in [3.63, 3.8) is 0 Å². The summed E-state index contributed by atoms with van der Waals surface area (Å²) < 4.78 is 18.5. The van der Waals surface area contributed by atoms with E-state index in [1.54, 1.807) is 5.57 Å². The molecule has 0 aromatic carbocycles. The Balaban J connectivity index is 1.39. The fourth-order valence-corrected chi connectivity index (χ4v) is 7.83. The third kappa shape index (κ3) is 2.71. The molecule has 5 aliphatic rings. The van der Waals surface area contributed by atoms with Crippen molar-refractivity contribution in [1.29, 1.82) is 0 Å². The summed E-state index contributed by atoms with van der Waals surface area (Å²) in [5.74, 6) is 2.27. The van der Waals surface area contributed by atoms with Gasteiger partial charge in [0.1, 0.15) is 0 Å². The van der Waals surface area contributed by atoms with Crippen LogP contribution >= 0.6 is 0 Å². The topological polar surface area (TPSA) is 27.7 Å². The number of hydrogen-bond acceptors (Lipinski definition) is 3. The Morgan fingerprint density at radius 1 is 1.04 bits per heavy atom. The van der Waals surface area contributed by atoms with Crippen molar-refractivity contribution < 1.29 is 14.2 Å². The van der Waals surface area contributed by atoms with Crippen LogP contribution in [0, 0.1) is 28.6 Å². The maximum absolute atomic E-state index is 6.35. The van der Waals surface area contributed by atoms with Gasteiger partial charge in [0.15, 0.2) is 5.79 Å². The van der Waals surface area contributed by atoms with Crippen LogP contribution in [0.1, 0.15) is 78.6 Å². The van der Waals surface area contributed by atoms with Gasteiger partial charge in [-0.2, -0.15) is 0 Å². The van der Waals surface area contributed by atoms with E-state index in [2.05, 4.69) is 26.8 Å². The molecule has 0 N–H and O–H groups in total. The van der Waals surface area contributed by atoms with Crippen molar-refractivity contribution >= 4 is 0 Å². The van der Waals surface area contributed by atoms with Crippen molar-refractivity contribution in [3.05, 3.63) is 11.6 Å². The van der Waals surface area contributed by atoms with Gasteiger partial charge in [-0.25, -0.2) is 0 Å². The average Bonchev–Trinajstić information content (AvgIpc) is 3.25. The van der Waals surface area contributed by atoms with Gasteiger partial charge < -0.3 is 14.2 Å². The lowest BCUT2D eigenvalue weighted by molar-refractivity contribution is -0.186. The van der Waals surface area contributed by atoms with Crippen LogP contribution in [0.2, 0.25) is 0 Å². The van der Waals surface area contributed by atoms with Crippen molar-refractivity contribution in [2.75, 3.05) is 19.8 Å². The second-order valence-electron chi connectivity index (χ2n) is 10.5. The van der Waals surface area contributed by atoms with Crippen LogP contribution in [0.4, 0.5) is 0 Å². The molecule has 1 aliphatic heterocycles. The lowest BCUT2D eigenvalue weighted by Gasteiger charge is -2.58. The Labute approximate surface area is 165 Å². The lowest BCUT2D eigenvalue weighted by atomic mass is 9.47. The Hall–Kier alpha value is -0.380. The molecule has 3 heteroatoms. The third-order valence-corrected chi connectivity index (χ3v) is 9.36. The maximum atomic E-state index is 6.35. The van der Waals surface area contributed by atoms with Crippen LogP contribution < -0.4 is 0 Å². The van der Waals surface area contributed by atoms with E-state index in [4.69, 9.17) is 14.2 Å². The number of allylic oxidation sites excluding steroid dienone is 1. The molecule has 3 nitrogen and oxygen atoms in total. The zero-order chi connectivity index (χ0) is 18.7. The minimum atomic E-state index is -0.284. The van der Waals surface area contributed by atoms with E-state index in [0.717, 1.165) is 56.8 Å². The highest BCUT2D eigenvalue weighted by Crippen LogP contribution is 2.66. The first-order chi connectivity index (χ1) is 13.0. The van der Waals surface area contributed by atoms with E-state index in [9.17, 15) is 0 Å². The summed E-state index contributed by atoms with van der Waals surface area (Å²) in [4.78, 5) is 0. The first kappa shape index (κ1) is 18.6. The fourth-order valence-electron chi connectivity index (χ4n) is 7.83. The smallest absolute Gasteiger partial charge is 0.172 e. The number of fused-ring (bicyclic) bond motifs is 5. The van der Waals surface area contributed by atoms with Crippen LogP contribution in [0.15, 0.2) is 11.6 Å². The molecular weight excluding hydrogens is 336 g/mol. The van der Waals surface area contributed by atoms with Crippen LogP contribution in [-0.4, -0.2) is 31.7 Å². The van der Waals surface area contributed by atoms with Gasteiger partial charge in [0.25, 0.3) is 0 Å². The van der Waals surface area contributed by atoms with Gasteiger partial charge >= 0.3 is 0 Å². The molecule has 6 unspecified atom stereocenters. The van der Waals surface area contributed by atoms with Crippen LogP contribution in [0.3, 0.4) is 0 Å². The van der Waals surface area contributed by atoms with Crippen LogP contribution in [0.5, 0.6) is 0 Å². The van der Waals surface area contributed by atoms with Gasteiger partial charge in [-0.05, 0) is 73.5 Å².